The fourth-order valence-corrected chi connectivity index (χ4v) is 2.18. The van der Waals surface area contributed by atoms with Crippen molar-refractivity contribution in [2.45, 2.75) is 13.8 Å². The Balaban J connectivity index is 2.50. The minimum atomic E-state index is -0.598. The van der Waals surface area contributed by atoms with Crippen molar-refractivity contribution in [1.29, 1.82) is 0 Å². The first kappa shape index (κ1) is 14.1. The number of nitrogens with one attached hydrogen (secondary N) is 1. The van der Waals surface area contributed by atoms with Crippen molar-refractivity contribution in [3.63, 3.8) is 0 Å². The second-order valence-electron chi connectivity index (χ2n) is 4.50. The third-order valence-corrected chi connectivity index (χ3v) is 3.16. The zero-order valence-corrected chi connectivity index (χ0v) is 12.0. The van der Waals surface area contributed by atoms with Gasteiger partial charge < -0.3 is 16.8 Å². The van der Waals surface area contributed by atoms with Crippen LogP contribution in [0.3, 0.4) is 0 Å². The number of nitrogens with two attached hydrogens (primary N) is 2. The lowest BCUT2D eigenvalue weighted by Crippen LogP contribution is -2.14. The summed E-state index contributed by atoms with van der Waals surface area (Å²) >= 11 is 6.14. The quantitative estimate of drug-likeness (QED) is 0.758. The van der Waals surface area contributed by atoms with Gasteiger partial charge in [-0.1, -0.05) is 11.6 Å². The van der Waals surface area contributed by atoms with Gasteiger partial charge in [-0.25, -0.2) is 0 Å². The SMILES string of the molecule is Cc1ccc(Nc2c(Cl)cc(N)cc2C(N)=O)c(C)n1. The molecule has 1 heterocycles. The summed E-state index contributed by atoms with van der Waals surface area (Å²) in [5.74, 6) is -0.598. The van der Waals surface area contributed by atoms with Gasteiger partial charge in [0.15, 0.2) is 0 Å². The lowest BCUT2D eigenvalue weighted by atomic mass is 10.1. The number of benzene rings is 1. The molecule has 1 aromatic carbocycles. The van der Waals surface area contributed by atoms with Crippen LogP contribution < -0.4 is 16.8 Å². The molecule has 0 unspecified atom stereocenters. The molecule has 0 saturated carbocycles. The van der Waals surface area contributed by atoms with E-state index in [4.69, 9.17) is 23.1 Å². The highest BCUT2D eigenvalue weighted by Crippen LogP contribution is 2.32. The van der Waals surface area contributed by atoms with Gasteiger partial charge in [-0.2, -0.15) is 0 Å². The van der Waals surface area contributed by atoms with Crippen molar-refractivity contribution in [2.75, 3.05) is 11.1 Å². The predicted molar refractivity (Wildman–Crippen MR) is 81.4 cm³/mol. The van der Waals surface area contributed by atoms with Crippen LogP contribution in [0.1, 0.15) is 21.7 Å². The molecule has 0 spiro atoms. The van der Waals surface area contributed by atoms with Crippen LogP contribution in [0.4, 0.5) is 17.1 Å². The number of rotatable bonds is 3. The molecule has 0 fully saturated rings. The van der Waals surface area contributed by atoms with Crippen molar-refractivity contribution in [1.82, 2.24) is 4.98 Å². The smallest absolute Gasteiger partial charge is 0.250 e. The molecule has 0 aliphatic rings. The molecular formula is C14H15ClN4O. The minimum Gasteiger partial charge on any atom is -0.399 e. The van der Waals surface area contributed by atoms with Crippen LogP contribution in [0.5, 0.6) is 0 Å². The Morgan fingerprint density at radius 2 is 2.00 bits per heavy atom. The summed E-state index contributed by atoms with van der Waals surface area (Å²) in [4.78, 5) is 15.9. The number of hydrogen-bond donors (Lipinski definition) is 3. The van der Waals surface area contributed by atoms with Crippen LogP contribution in [0.25, 0.3) is 0 Å². The zero-order chi connectivity index (χ0) is 14.9. The number of carbonyl (C=O) groups is 1. The summed E-state index contributed by atoms with van der Waals surface area (Å²) in [7, 11) is 0. The maximum absolute atomic E-state index is 11.5. The van der Waals surface area contributed by atoms with Gasteiger partial charge >= 0.3 is 0 Å². The number of nitrogen functional groups attached to an aromatic ring is 1. The monoisotopic (exact) mass is 290 g/mol. The standard InChI is InChI=1S/C14H15ClN4O/c1-7-3-4-12(8(2)18-7)19-13-10(14(17)20)5-9(16)6-11(13)15/h3-6,19H,16H2,1-2H3,(H2,17,20). The molecule has 104 valence electrons. The first-order valence-electron chi connectivity index (χ1n) is 5.98. The van der Waals surface area contributed by atoms with Gasteiger partial charge in [0, 0.05) is 11.4 Å². The minimum absolute atomic E-state index is 0.245. The molecule has 1 aromatic heterocycles. The average Bonchev–Trinajstić information content (AvgIpc) is 2.34. The highest BCUT2D eigenvalue weighted by atomic mass is 35.5. The molecule has 5 nitrogen and oxygen atoms in total. The fourth-order valence-electron chi connectivity index (χ4n) is 1.90. The van der Waals surface area contributed by atoms with E-state index in [0.29, 0.717) is 16.4 Å². The van der Waals surface area contributed by atoms with Crippen molar-refractivity contribution in [2.24, 2.45) is 5.73 Å². The topological polar surface area (TPSA) is 94.0 Å². The lowest BCUT2D eigenvalue weighted by Gasteiger charge is -2.14. The highest BCUT2D eigenvalue weighted by molar-refractivity contribution is 6.34. The number of primary amides is 1. The summed E-state index contributed by atoms with van der Waals surface area (Å²) in [6.45, 7) is 3.77. The number of aromatic nitrogens is 1. The maximum atomic E-state index is 11.5. The molecule has 0 aliphatic heterocycles. The average molecular weight is 291 g/mol. The van der Waals surface area contributed by atoms with E-state index in [1.54, 1.807) is 6.07 Å². The van der Waals surface area contributed by atoms with Gasteiger partial charge in [0.25, 0.3) is 5.91 Å². The van der Waals surface area contributed by atoms with Crippen LogP contribution in [-0.4, -0.2) is 10.9 Å². The van der Waals surface area contributed by atoms with Crippen LogP contribution in [-0.2, 0) is 0 Å². The number of nitrogens with zero attached hydrogens (tertiary/aromatic N) is 1. The third-order valence-electron chi connectivity index (χ3n) is 2.86. The molecule has 2 rings (SSSR count). The summed E-state index contributed by atoms with van der Waals surface area (Å²) in [6.07, 6.45) is 0. The van der Waals surface area contributed by atoms with E-state index in [9.17, 15) is 4.79 Å². The summed E-state index contributed by atoms with van der Waals surface area (Å²) in [5.41, 5.74) is 14.6. The maximum Gasteiger partial charge on any atom is 0.250 e. The number of halogens is 1. The zero-order valence-electron chi connectivity index (χ0n) is 11.2. The van der Waals surface area contributed by atoms with Crippen molar-refractivity contribution < 1.29 is 4.79 Å². The molecule has 6 heteroatoms. The van der Waals surface area contributed by atoms with Crippen LogP contribution >= 0.6 is 11.6 Å². The molecule has 5 N–H and O–H groups in total. The fraction of sp³-hybridized carbons (Fsp3) is 0.143. The number of aryl methyl sites for hydroxylation is 2. The highest BCUT2D eigenvalue weighted by Gasteiger charge is 2.14. The molecule has 20 heavy (non-hydrogen) atoms. The van der Waals surface area contributed by atoms with Crippen LogP contribution in [0.15, 0.2) is 24.3 Å². The summed E-state index contributed by atoms with van der Waals surface area (Å²) in [6, 6.07) is 6.79. The summed E-state index contributed by atoms with van der Waals surface area (Å²) < 4.78 is 0. The normalized spacial score (nSPS) is 10.3. The molecule has 0 saturated heterocycles. The lowest BCUT2D eigenvalue weighted by molar-refractivity contribution is 0.100. The Bertz CT molecular complexity index is 685. The predicted octanol–water partition coefficient (Wildman–Crippen LogP) is 2.78. The Morgan fingerprint density at radius 3 is 2.60 bits per heavy atom. The van der Waals surface area contributed by atoms with E-state index in [2.05, 4.69) is 10.3 Å². The second kappa shape index (κ2) is 5.38. The summed E-state index contributed by atoms with van der Waals surface area (Å²) in [5, 5.41) is 3.43. The Labute approximate surface area is 121 Å². The van der Waals surface area contributed by atoms with Gasteiger partial charge in [-0.05, 0) is 38.1 Å². The first-order chi connectivity index (χ1) is 9.38. The van der Waals surface area contributed by atoms with E-state index in [1.807, 2.05) is 26.0 Å². The second-order valence-corrected chi connectivity index (χ2v) is 4.91. The number of carbonyl (C=O) groups excluding carboxylic acids is 1. The largest absolute Gasteiger partial charge is 0.399 e. The number of amides is 1. The van der Waals surface area contributed by atoms with E-state index in [0.717, 1.165) is 17.1 Å². The van der Waals surface area contributed by atoms with Crippen molar-refractivity contribution in [3.8, 4) is 0 Å². The molecule has 0 atom stereocenters. The Hall–Kier alpha value is -2.27. The van der Waals surface area contributed by atoms with E-state index >= 15 is 0 Å². The van der Waals surface area contributed by atoms with E-state index in [1.165, 1.54) is 6.07 Å². The molecule has 1 amide bonds. The molecule has 2 aromatic rings. The van der Waals surface area contributed by atoms with Gasteiger partial charge in [0.05, 0.1) is 27.7 Å². The van der Waals surface area contributed by atoms with Crippen LogP contribution in [0, 0.1) is 13.8 Å². The number of pyridine rings is 1. The van der Waals surface area contributed by atoms with Gasteiger partial charge in [-0.15, -0.1) is 0 Å². The molecular weight excluding hydrogens is 276 g/mol. The number of anilines is 3. The van der Waals surface area contributed by atoms with E-state index in [-0.39, 0.29) is 5.56 Å². The molecule has 0 radical (unpaired) electrons. The number of hydrogen-bond acceptors (Lipinski definition) is 4. The molecule has 0 aliphatic carbocycles. The van der Waals surface area contributed by atoms with Gasteiger partial charge in [0.2, 0.25) is 0 Å². The van der Waals surface area contributed by atoms with E-state index < -0.39 is 5.91 Å². The first-order valence-corrected chi connectivity index (χ1v) is 6.36. The van der Waals surface area contributed by atoms with Crippen molar-refractivity contribution >= 4 is 34.6 Å². The van der Waals surface area contributed by atoms with Gasteiger partial charge in [0.1, 0.15) is 0 Å². The Kier molecular flexibility index (Phi) is 3.81. The van der Waals surface area contributed by atoms with Gasteiger partial charge in [-0.3, -0.25) is 9.78 Å². The molecule has 0 bridgehead atoms. The third kappa shape index (κ3) is 2.83. The Morgan fingerprint density at radius 1 is 1.30 bits per heavy atom. The van der Waals surface area contributed by atoms with Crippen molar-refractivity contribution in [3.05, 3.63) is 46.2 Å². The van der Waals surface area contributed by atoms with Crippen LogP contribution in [0.2, 0.25) is 5.02 Å².